The summed E-state index contributed by atoms with van der Waals surface area (Å²) >= 11 is 0. The van der Waals surface area contributed by atoms with Gasteiger partial charge in [0.25, 0.3) is 5.91 Å². The van der Waals surface area contributed by atoms with E-state index in [0.29, 0.717) is 11.4 Å². The Balaban J connectivity index is 2.01. The Morgan fingerprint density at radius 2 is 2.00 bits per heavy atom. The van der Waals surface area contributed by atoms with Gasteiger partial charge in [-0.1, -0.05) is 12.1 Å². The highest BCUT2D eigenvalue weighted by Crippen LogP contribution is 2.31. The van der Waals surface area contributed by atoms with Crippen LogP contribution in [0.4, 0.5) is 5.82 Å². The Hall–Kier alpha value is -2.62. The van der Waals surface area contributed by atoms with E-state index >= 15 is 0 Å². The minimum Gasteiger partial charge on any atom is -0.497 e. The number of benzene rings is 1. The van der Waals surface area contributed by atoms with Crippen molar-refractivity contribution in [3.63, 3.8) is 0 Å². The van der Waals surface area contributed by atoms with Crippen molar-refractivity contribution < 1.29 is 9.53 Å². The largest absolute Gasteiger partial charge is 0.497 e. The summed E-state index contributed by atoms with van der Waals surface area (Å²) in [4.78, 5) is 16.1. The molecule has 0 atom stereocenters. The van der Waals surface area contributed by atoms with Crippen LogP contribution >= 0.6 is 0 Å². The number of carbonyl (C=O) groups excluding carboxylic acids is 1. The highest BCUT2D eigenvalue weighted by Gasteiger charge is 2.24. The van der Waals surface area contributed by atoms with Crippen LogP contribution in [-0.2, 0) is 4.79 Å². The second-order valence-corrected chi connectivity index (χ2v) is 4.18. The summed E-state index contributed by atoms with van der Waals surface area (Å²) < 4.78 is 5.11. The molecule has 1 aliphatic rings. The molecule has 0 unspecified atom stereocenters. The van der Waals surface area contributed by atoms with Gasteiger partial charge in [-0.05, 0) is 35.9 Å². The predicted molar refractivity (Wildman–Crippen MR) is 73.7 cm³/mol. The van der Waals surface area contributed by atoms with E-state index in [2.05, 4.69) is 10.3 Å². The smallest absolute Gasteiger partial charge is 0.257 e. The summed E-state index contributed by atoms with van der Waals surface area (Å²) in [6, 6.07) is 11.3. The molecule has 2 aromatic rings. The van der Waals surface area contributed by atoms with Crippen LogP contribution in [0.15, 0.2) is 42.6 Å². The lowest BCUT2D eigenvalue weighted by molar-refractivity contribution is -0.110. The lowest BCUT2D eigenvalue weighted by Crippen LogP contribution is -2.04. The zero-order chi connectivity index (χ0) is 13.2. The number of fused-ring (bicyclic) bond motifs is 1. The van der Waals surface area contributed by atoms with E-state index in [1.807, 2.05) is 42.5 Å². The molecule has 19 heavy (non-hydrogen) atoms. The van der Waals surface area contributed by atoms with E-state index in [0.717, 1.165) is 16.9 Å². The van der Waals surface area contributed by atoms with E-state index in [9.17, 15) is 4.79 Å². The maximum absolute atomic E-state index is 11.9. The molecule has 0 saturated carbocycles. The second kappa shape index (κ2) is 4.57. The molecular weight excluding hydrogens is 240 g/mol. The molecule has 0 spiro atoms. The molecule has 3 rings (SSSR count). The molecule has 94 valence electrons. The number of hydrogen-bond donors (Lipinski definition) is 1. The first-order valence-electron chi connectivity index (χ1n) is 5.90. The molecule has 4 heteroatoms. The fraction of sp³-hybridized carbons (Fsp3) is 0.0667. The Morgan fingerprint density at radius 1 is 1.21 bits per heavy atom. The first-order valence-corrected chi connectivity index (χ1v) is 5.90. The van der Waals surface area contributed by atoms with Crippen molar-refractivity contribution in [1.29, 1.82) is 0 Å². The third-order valence-electron chi connectivity index (χ3n) is 3.00. The van der Waals surface area contributed by atoms with E-state index in [4.69, 9.17) is 4.74 Å². The Labute approximate surface area is 110 Å². The lowest BCUT2D eigenvalue weighted by Gasteiger charge is -2.00. The van der Waals surface area contributed by atoms with Gasteiger partial charge in [0.05, 0.1) is 12.7 Å². The number of carbonyl (C=O) groups is 1. The minimum atomic E-state index is -0.121. The first-order chi connectivity index (χ1) is 9.28. The Morgan fingerprint density at radius 3 is 2.74 bits per heavy atom. The third-order valence-corrected chi connectivity index (χ3v) is 3.00. The molecule has 2 heterocycles. The normalized spacial score (nSPS) is 15.2. The van der Waals surface area contributed by atoms with Gasteiger partial charge in [0.15, 0.2) is 0 Å². The maximum atomic E-state index is 11.9. The number of methoxy groups -OCH3 is 1. The van der Waals surface area contributed by atoms with Crippen LogP contribution in [0.2, 0.25) is 0 Å². The van der Waals surface area contributed by atoms with Crippen molar-refractivity contribution in [3.8, 4) is 5.75 Å². The van der Waals surface area contributed by atoms with Gasteiger partial charge in [-0.25, -0.2) is 4.98 Å². The van der Waals surface area contributed by atoms with Crippen LogP contribution in [0.25, 0.3) is 11.6 Å². The van der Waals surface area contributed by atoms with Gasteiger partial charge in [-0.3, -0.25) is 4.79 Å². The van der Waals surface area contributed by atoms with Crippen LogP contribution < -0.4 is 10.1 Å². The van der Waals surface area contributed by atoms with Gasteiger partial charge in [-0.15, -0.1) is 0 Å². The standard InChI is InChI=1S/C15H12N2O2/c1-19-11-6-4-10(5-7-11)9-13-12-3-2-8-16-14(12)17-15(13)18/h2-9H,1H3,(H,16,17,18). The number of pyridine rings is 1. The molecule has 0 radical (unpaired) electrons. The Kier molecular flexibility index (Phi) is 2.76. The van der Waals surface area contributed by atoms with Crippen molar-refractivity contribution in [2.75, 3.05) is 12.4 Å². The SMILES string of the molecule is COc1ccc(C=C2C(=O)Nc3ncccc32)cc1. The van der Waals surface area contributed by atoms with Crippen molar-refractivity contribution >= 4 is 23.4 Å². The quantitative estimate of drug-likeness (QED) is 0.836. The van der Waals surface area contributed by atoms with Gasteiger partial charge in [0, 0.05) is 11.8 Å². The Bertz CT molecular complexity index is 660. The summed E-state index contributed by atoms with van der Waals surface area (Å²) in [6.45, 7) is 0. The topological polar surface area (TPSA) is 51.2 Å². The minimum absolute atomic E-state index is 0.121. The van der Waals surface area contributed by atoms with Crippen molar-refractivity contribution in [3.05, 3.63) is 53.7 Å². The molecule has 0 fully saturated rings. The molecule has 0 aliphatic carbocycles. The van der Waals surface area contributed by atoms with E-state index in [1.165, 1.54) is 0 Å². The van der Waals surface area contributed by atoms with E-state index in [-0.39, 0.29) is 5.91 Å². The molecular formula is C15H12N2O2. The average Bonchev–Trinajstić information content (AvgIpc) is 2.76. The summed E-state index contributed by atoms with van der Waals surface area (Å²) in [5.41, 5.74) is 2.42. The number of aromatic nitrogens is 1. The molecule has 0 bridgehead atoms. The third kappa shape index (κ3) is 2.08. The number of amides is 1. The van der Waals surface area contributed by atoms with E-state index in [1.54, 1.807) is 13.3 Å². The molecule has 1 aliphatic heterocycles. The van der Waals surface area contributed by atoms with E-state index < -0.39 is 0 Å². The fourth-order valence-electron chi connectivity index (χ4n) is 2.03. The maximum Gasteiger partial charge on any atom is 0.257 e. The molecule has 0 saturated heterocycles. The number of hydrogen-bond acceptors (Lipinski definition) is 3. The highest BCUT2D eigenvalue weighted by molar-refractivity contribution is 6.34. The van der Waals surface area contributed by atoms with Crippen molar-refractivity contribution in [2.24, 2.45) is 0 Å². The average molecular weight is 252 g/mol. The van der Waals surface area contributed by atoms with Gasteiger partial charge >= 0.3 is 0 Å². The lowest BCUT2D eigenvalue weighted by atomic mass is 10.1. The number of nitrogens with zero attached hydrogens (tertiary/aromatic N) is 1. The summed E-state index contributed by atoms with van der Waals surface area (Å²) in [7, 11) is 1.62. The zero-order valence-corrected chi connectivity index (χ0v) is 10.4. The van der Waals surface area contributed by atoms with Crippen LogP contribution in [0.5, 0.6) is 5.75 Å². The van der Waals surface area contributed by atoms with Gasteiger partial charge in [-0.2, -0.15) is 0 Å². The predicted octanol–water partition coefficient (Wildman–Crippen LogP) is 2.58. The van der Waals surface area contributed by atoms with Crippen molar-refractivity contribution in [1.82, 2.24) is 4.98 Å². The summed E-state index contributed by atoms with van der Waals surface area (Å²) in [6.07, 6.45) is 3.51. The van der Waals surface area contributed by atoms with Crippen LogP contribution in [0, 0.1) is 0 Å². The molecule has 1 N–H and O–H groups in total. The van der Waals surface area contributed by atoms with Crippen LogP contribution in [-0.4, -0.2) is 18.0 Å². The molecule has 1 amide bonds. The fourth-order valence-corrected chi connectivity index (χ4v) is 2.03. The van der Waals surface area contributed by atoms with Gasteiger partial charge < -0.3 is 10.1 Å². The molecule has 4 nitrogen and oxygen atoms in total. The van der Waals surface area contributed by atoms with Crippen molar-refractivity contribution in [2.45, 2.75) is 0 Å². The molecule has 1 aromatic carbocycles. The number of rotatable bonds is 2. The monoisotopic (exact) mass is 252 g/mol. The number of ether oxygens (including phenoxy) is 1. The summed E-state index contributed by atoms with van der Waals surface area (Å²) in [5.74, 6) is 1.29. The number of anilines is 1. The first kappa shape index (κ1) is 11.5. The molecule has 1 aromatic heterocycles. The van der Waals surface area contributed by atoms with Gasteiger partial charge in [0.1, 0.15) is 11.6 Å². The summed E-state index contributed by atoms with van der Waals surface area (Å²) in [5, 5.41) is 2.75. The second-order valence-electron chi connectivity index (χ2n) is 4.18. The zero-order valence-electron chi connectivity index (χ0n) is 10.4. The number of nitrogens with one attached hydrogen (secondary N) is 1. The van der Waals surface area contributed by atoms with Crippen LogP contribution in [0.3, 0.4) is 0 Å². The van der Waals surface area contributed by atoms with Gasteiger partial charge in [0.2, 0.25) is 0 Å². The van der Waals surface area contributed by atoms with Crippen LogP contribution in [0.1, 0.15) is 11.1 Å². The highest BCUT2D eigenvalue weighted by atomic mass is 16.5.